The maximum Gasteiger partial charge on any atom is 0.306 e. The largest absolute Gasteiger partial charge is 0.497 e. The Bertz CT molecular complexity index is 699. The van der Waals surface area contributed by atoms with Crippen molar-refractivity contribution in [3.63, 3.8) is 0 Å². The second kappa shape index (κ2) is 8.50. The van der Waals surface area contributed by atoms with E-state index < -0.39 is 10.0 Å². The molecular weight excluding hydrogens is 348 g/mol. The second-order valence-electron chi connectivity index (χ2n) is 5.59. The lowest BCUT2D eigenvalue weighted by atomic mass is 10.3. The number of piperazine rings is 1. The Morgan fingerprint density at radius 2 is 1.76 bits per heavy atom. The molecule has 8 nitrogen and oxygen atoms in total. The van der Waals surface area contributed by atoms with Crippen LogP contribution in [-0.4, -0.2) is 77.6 Å². The van der Waals surface area contributed by atoms with E-state index in [4.69, 9.17) is 9.47 Å². The Balaban J connectivity index is 2.08. The second-order valence-corrected chi connectivity index (χ2v) is 7.50. The number of methoxy groups -OCH3 is 3. The minimum absolute atomic E-state index is 0.0948. The summed E-state index contributed by atoms with van der Waals surface area (Å²) >= 11 is 0. The molecule has 0 radical (unpaired) electrons. The molecule has 0 bridgehead atoms. The van der Waals surface area contributed by atoms with E-state index in [2.05, 4.69) is 4.74 Å². The normalized spacial score (nSPS) is 16.4. The number of hydrogen-bond acceptors (Lipinski definition) is 7. The fraction of sp³-hybridized carbons (Fsp3) is 0.562. The minimum Gasteiger partial charge on any atom is -0.497 e. The van der Waals surface area contributed by atoms with E-state index in [-0.39, 0.29) is 16.6 Å². The predicted octanol–water partition coefficient (Wildman–Crippen LogP) is 0.573. The summed E-state index contributed by atoms with van der Waals surface area (Å²) in [5.74, 6) is 0.473. The van der Waals surface area contributed by atoms with Crippen molar-refractivity contribution in [3.05, 3.63) is 18.2 Å². The van der Waals surface area contributed by atoms with Crippen molar-refractivity contribution >= 4 is 16.0 Å². The Morgan fingerprint density at radius 3 is 2.32 bits per heavy atom. The Kier molecular flexibility index (Phi) is 6.63. The molecular formula is C16H24N2O6S. The highest BCUT2D eigenvalue weighted by atomic mass is 32.2. The van der Waals surface area contributed by atoms with E-state index in [1.807, 2.05) is 4.90 Å². The standard InChI is InChI=1S/C16H24N2O6S/c1-22-13-4-5-14(23-2)15(12-13)25(20,21)18-10-8-17(9-11-18)7-6-16(19)24-3/h4-5,12H,6-11H2,1-3H3. The number of carbonyl (C=O) groups excluding carboxylic acids is 1. The topological polar surface area (TPSA) is 85.4 Å². The van der Waals surface area contributed by atoms with E-state index in [1.165, 1.54) is 31.7 Å². The van der Waals surface area contributed by atoms with Gasteiger partial charge >= 0.3 is 5.97 Å². The monoisotopic (exact) mass is 372 g/mol. The van der Waals surface area contributed by atoms with Crippen molar-refractivity contribution in [2.75, 3.05) is 54.1 Å². The number of hydrogen-bond donors (Lipinski definition) is 0. The van der Waals surface area contributed by atoms with Crippen LogP contribution >= 0.6 is 0 Å². The smallest absolute Gasteiger partial charge is 0.306 e. The summed E-state index contributed by atoms with van der Waals surface area (Å²) in [6.45, 7) is 2.38. The molecule has 0 unspecified atom stereocenters. The molecule has 25 heavy (non-hydrogen) atoms. The van der Waals surface area contributed by atoms with Gasteiger partial charge in [0.25, 0.3) is 0 Å². The summed E-state index contributed by atoms with van der Waals surface area (Å²) in [7, 11) is 0.589. The van der Waals surface area contributed by atoms with Crippen LogP contribution in [0.3, 0.4) is 0 Å². The quantitative estimate of drug-likeness (QED) is 0.647. The zero-order valence-electron chi connectivity index (χ0n) is 14.7. The van der Waals surface area contributed by atoms with Gasteiger partial charge in [-0.3, -0.25) is 4.79 Å². The van der Waals surface area contributed by atoms with Gasteiger partial charge in [-0.25, -0.2) is 8.42 Å². The lowest BCUT2D eigenvalue weighted by Crippen LogP contribution is -2.49. The molecule has 0 N–H and O–H groups in total. The Labute approximate surface area is 148 Å². The van der Waals surface area contributed by atoms with Crippen LogP contribution in [0.4, 0.5) is 0 Å². The van der Waals surface area contributed by atoms with Crippen molar-refractivity contribution in [1.82, 2.24) is 9.21 Å². The molecule has 2 rings (SSSR count). The molecule has 0 aromatic heterocycles. The molecule has 1 heterocycles. The number of benzene rings is 1. The highest BCUT2D eigenvalue weighted by Gasteiger charge is 2.31. The van der Waals surface area contributed by atoms with Gasteiger partial charge in [-0.1, -0.05) is 0 Å². The van der Waals surface area contributed by atoms with Gasteiger partial charge in [0.15, 0.2) is 0 Å². The lowest BCUT2D eigenvalue weighted by Gasteiger charge is -2.34. The van der Waals surface area contributed by atoms with E-state index >= 15 is 0 Å². The van der Waals surface area contributed by atoms with Gasteiger partial charge in [0.1, 0.15) is 16.4 Å². The van der Waals surface area contributed by atoms with Gasteiger partial charge in [-0.05, 0) is 12.1 Å². The molecule has 1 aromatic rings. The van der Waals surface area contributed by atoms with Crippen molar-refractivity contribution in [1.29, 1.82) is 0 Å². The fourth-order valence-corrected chi connectivity index (χ4v) is 4.26. The summed E-state index contributed by atoms with van der Waals surface area (Å²) in [5.41, 5.74) is 0. The van der Waals surface area contributed by atoms with Gasteiger partial charge in [-0.15, -0.1) is 0 Å². The predicted molar refractivity (Wildman–Crippen MR) is 91.4 cm³/mol. The van der Waals surface area contributed by atoms with E-state index in [9.17, 15) is 13.2 Å². The minimum atomic E-state index is -3.69. The molecule has 0 aliphatic carbocycles. The summed E-state index contributed by atoms with van der Waals surface area (Å²) < 4.78 is 42.3. The average Bonchev–Trinajstić information content (AvgIpc) is 2.65. The molecule has 0 spiro atoms. The molecule has 0 atom stereocenters. The summed E-state index contributed by atoms with van der Waals surface area (Å²) in [6, 6.07) is 4.71. The van der Waals surface area contributed by atoms with Gasteiger partial charge < -0.3 is 19.1 Å². The summed E-state index contributed by atoms with van der Waals surface area (Å²) in [6.07, 6.45) is 0.299. The van der Waals surface area contributed by atoms with Crippen LogP contribution in [0.25, 0.3) is 0 Å². The third kappa shape index (κ3) is 4.62. The first-order chi connectivity index (χ1) is 11.9. The van der Waals surface area contributed by atoms with E-state index in [0.29, 0.717) is 44.9 Å². The molecule has 140 valence electrons. The van der Waals surface area contributed by atoms with Crippen LogP contribution in [0, 0.1) is 0 Å². The lowest BCUT2D eigenvalue weighted by molar-refractivity contribution is -0.141. The fourth-order valence-electron chi connectivity index (χ4n) is 2.67. The Morgan fingerprint density at radius 1 is 1.08 bits per heavy atom. The number of rotatable bonds is 7. The van der Waals surface area contributed by atoms with Crippen LogP contribution in [0.1, 0.15) is 6.42 Å². The third-order valence-electron chi connectivity index (χ3n) is 4.18. The molecule has 1 aliphatic heterocycles. The first kappa shape index (κ1) is 19.5. The van der Waals surface area contributed by atoms with Gasteiger partial charge in [0.2, 0.25) is 10.0 Å². The van der Waals surface area contributed by atoms with Gasteiger partial charge in [0, 0.05) is 38.8 Å². The van der Waals surface area contributed by atoms with Crippen molar-refractivity contribution in [2.45, 2.75) is 11.3 Å². The number of carbonyl (C=O) groups is 1. The van der Waals surface area contributed by atoms with E-state index in [1.54, 1.807) is 12.1 Å². The molecule has 0 saturated carbocycles. The van der Waals surface area contributed by atoms with Gasteiger partial charge in [0.05, 0.1) is 27.8 Å². The van der Waals surface area contributed by atoms with Gasteiger partial charge in [-0.2, -0.15) is 4.31 Å². The van der Waals surface area contributed by atoms with Crippen LogP contribution in [0.5, 0.6) is 11.5 Å². The highest BCUT2D eigenvalue weighted by molar-refractivity contribution is 7.89. The van der Waals surface area contributed by atoms with Crippen molar-refractivity contribution < 1.29 is 27.4 Å². The average molecular weight is 372 g/mol. The maximum absolute atomic E-state index is 13.0. The summed E-state index contributed by atoms with van der Waals surface area (Å²) in [4.78, 5) is 13.4. The molecule has 1 fully saturated rings. The maximum atomic E-state index is 13.0. The number of nitrogens with zero attached hydrogens (tertiary/aromatic N) is 2. The van der Waals surface area contributed by atoms with Crippen LogP contribution in [-0.2, 0) is 19.6 Å². The number of esters is 1. The highest BCUT2D eigenvalue weighted by Crippen LogP contribution is 2.31. The van der Waals surface area contributed by atoms with Crippen LogP contribution in [0.2, 0.25) is 0 Å². The number of ether oxygens (including phenoxy) is 3. The molecule has 0 amide bonds. The van der Waals surface area contributed by atoms with Crippen molar-refractivity contribution in [3.8, 4) is 11.5 Å². The molecule has 1 saturated heterocycles. The van der Waals surface area contributed by atoms with Crippen molar-refractivity contribution in [2.24, 2.45) is 0 Å². The zero-order valence-corrected chi connectivity index (χ0v) is 15.5. The zero-order chi connectivity index (χ0) is 18.4. The van der Waals surface area contributed by atoms with E-state index in [0.717, 1.165) is 0 Å². The Hall–Kier alpha value is -1.84. The first-order valence-corrected chi connectivity index (χ1v) is 9.37. The molecule has 1 aliphatic rings. The summed E-state index contributed by atoms with van der Waals surface area (Å²) in [5, 5.41) is 0. The number of sulfonamides is 1. The van der Waals surface area contributed by atoms with Crippen LogP contribution in [0.15, 0.2) is 23.1 Å². The van der Waals surface area contributed by atoms with Crippen LogP contribution < -0.4 is 9.47 Å². The third-order valence-corrected chi connectivity index (χ3v) is 6.10. The SMILES string of the molecule is COC(=O)CCN1CCN(S(=O)(=O)c2cc(OC)ccc2OC)CC1. The molecule has 9 heteroatoms. The molecule has 1 aromatic carbocycles. The first-order valence-electron chi connectivity index (χ1n) is 7.93.